The molecule has 2 aliphatic rings. The van der Waals surface area contributed by atoms with Crippen molar-refractivity contribution in [2.75, 3.05) is 22.5 Å². The van der Waals surface area contributed by atoms with Crippen molar-refractivity contribution < 1.29 is 14.0 Å². The lowest BCUT2D eigenvalue weighted by atomic mass is 10.1. The Morgan fingerprint density at radius 2 is 1.71 bits per heavy atom. The third-order valence-electron chi connectivity index (χ3n) is 5.66. The van der Waals surface area contributed by atoms with Gasteiger partial charge in [0.15, 0.2) is 4.87 Å². The molecule has 0 aromatic heterocycles. The zero-order valence-electron chi connectivity index (χ0n) is 16.6. The van der Waals surface area contributed by atoms with Gasteiger partial charge in [-0.15, -0.1) is 11.8 Å². The molecule has 3 aromatic rings. The second kappa shape index (κ2) is 7.74. The van der Waals surface area contributed by atoms with Crippen LogP contribution in [0.3, 0.4) is 0 Å². The fourth-order valence-corrected chi connectivity index (χ4v) is 5.70. The third kappa shape index (κ3) is 3.16. The van der Waals surface area contributed by atoms with Gasteiger partial charge in [0.2, 0.25) is 0 Å². The van der Waals surface area contributed by atoms with Gasteiger partial charge in [-0.3, -0.25) is 9.69 Å². The highest BCUT2D eigenvalue weighted by atomic mass is 32.2. The number of fused-ring (bicyclic) bond motifs is 2. The Morgan fingerprint density at radius 1 is 1.00 bits per heavy atom. The number of urea groups is 1. The molecule has 0 unspecified atom stereocenters. The molecular weight excluding hydrogens is 413 g/mol. The van der Waals surface area contributed by atoms with Crippen LogP contribution in [0.2, 0.25) is 0 Å². The molecule has 3 amide bonds. The van der Waals surface area contributed by atoms with Crippen molar-refractivity contribution >= 4 is 35.1 Å². The lowest BCUT2D eigenvalue weighted by Crippen LogP contribution is -2.51. The van der Waals surface area contributed by atoms with E-state index in [0.29, 0.717) is 29.2 Å². The first-order valence-corrected chi connectivity index (χ1v) is 11.0. The molecule has 1 saturated heterocycles. The summed E-state index contributed by atoms with van der Waals surface area (Å²) in [4.78, 5) is 29.1. The topological polar surface area (TPSA) is 52.7 Å². The lowest BCUT2D eigenvalue weighted by Gasteiger charge is -2.33. The normalized spacial score (nSPS) is 19.7. The van der Waals surface area contributed by atoms with Gasteiger partial charge in [0.25, 0.3) is 5.91 Å². The number of halogens is 1. The smallest absolute Gasteiger partial charge is 0.308 e. The van der Waals surface area contributed by atoms with Crippen LogP contribution in [-0.2, 0) is 16.2 Å². The van der Waals surface area contributed by atoms with Crippen LogP contribution in [0.25, 0.3) is 0 Å². The first kappa shape index (κ1) is 19.6. The molecule has 0 saturated carbocycles. The molecule has 3 aromatic carbocycles. The summed E-state index contributed by atoms with van der Waals surface area (Å²) in [6.45, 7) is 0.552. The summed E-state index contributed by atoms with van der Waals surface area (Å²) >= 11 is 1.45. The Kier molecular flexibility index (Phi) is 4.90. The quantitative estimate of drug-likeness (QED) is 0.645. The highest BCUT2D eigenvalue weighted by molar-refractivity contribution is 8.01. The standard InChI is InChI=1S/C24H20FN3O2S/c25-20-12-6-4-8-17(20)16-27-21-13-7-5-11-19(21)24(22(27)29)28(14-15-31-24)23(30)26-18-9-2-1-3-10-18/h1-13H,14-16H2,(H,26,30)/t24-/m0/s1. The fraction of sp³-hybridized carbons (Fsp3) is 0.167. The number of benzene rings is 3. The summed E-state index contributed by atoms with van der Waals surface area (Å²) in [6.07, 6.45) is 0. The van der Waals surface area contributed by atoms with Crippen LogP contribution in [0.15, 0.2) is 78.9 Å². The van der Waals surface area contributed by atoms with E-state index in [2.05, 4.69) is 5.32 Å². The largest absolute Gasteiger partial charge is 0.323 e. The minimum absolute atomic E-state index is 0.110. The SMILES string of the molecule is O=C(Nc1ccccc1)N1CCS[C@@]12C(=O)N(Cc1ccccc1F)c1ccccc12. The summed E-state index contributed by atoms with van der Waals surface area (Å²) in [5.74, 6) is 0.0599. The highest BCUT2D eigenvalue weighted by Gasteiger charge is 2.59. The van der Waals surface area contributed by atoms with Crippen molar-refractivity contribution in [1.29, 1.82) is 0 Å². The number of carbonyl (C=O) groups excluding carboxylic acids is 2. The summed E-state index contributed by atoms with van der Waals surface area (Å²) in [5, 5.41) is 2.90. The molecule has 31 heavy (non-hydrogen) atoms. The molecule has 1 spiro atoms. The summed E-state index contributed by atoms with van der Waals surface area (Å²) in [5.41, 5.74) is 2.58. The predicted octanol–water partition coefficient (Wildman–Crippen LogP) is 4.81. The van der Waals surface area contributed by atoms with E-state index in [4.69, 9.17) is 0 Å². The first-order chi connectivity index (χ1) is 15.1. The van der Waals surface area contributed by atoms with E-state index in [0.717, 1.165) is 5.56 Å². The van der Waals surface area contributed by atoms with Gasteiger partial charge in [0, 0.05) is 29.1 Å². The third-order valence-corrected chi connectivity index (χ3v) is 7.08. The Bertz CT molecular complexity index is 1160. The number of carbonyl (C=O) groups is 2. The minimum atomic E-state index is -1.15. The molecule has 5 nitrogen and oxygen atoms in total. The van der Waals surface area contributed by atoms with E-state index < -0.39 is 4.87 Å². The van der Waals surface area contributed by atoms with Crippen LogP contribution < -0.4 is 10.2 Å². The minimum Gasteiger partial charge on any atom is -0.308 e. The number of anilines is 2. The van der Waals surface area contributed by atoms with Gasteiger partial charge in [-0.25, -0.2) is 9.18 Å². The molecule has 1 fully saturated rings. The van der Waals surface area contributed by atoms with Gasteiger partial charge in [0.1, 0.15) is 5.82 Å². The van der Waals surface area contributed by atoms with E-state index in [1.165, 1.54) is 17.8 Å². The lowest BCUT2D eigenvalue weighted by molar-refractivity contribution is -0.123. The Morgan fingerprint density at radius 3 is 2.52 bits per heavy atom. The first-order valence-electron chi connectivity index (χ1n) is 10.0. The van der Waals surface area contributed by atoms with Crippen molar-refractivity contribution in [3.8, 4) is 0 Å². The molecule has 0 radical (unpaired) electrons. The van der Waals surface area contributed by atoms with E-state index >= 15 is 0 Å². The molecule has 5 rings (SSSR count). The number of para-hydroxylation sites is 2. The van der Waals surface area contributed by atoms with Gasteiger partial charge in [-0.1, -0.05) is 54.6 Å². The summed E-state index contributed by atoms with van der Waals surface area (Å²) in [6, 6.07) is 22.8. The zero-order chi connectivity index (χ0) is 21.4. The predicted molar refractivity (Wildman–Crippen MR) is 120 cm³/mol. The van der Waals surface area contributed by atoms with Crippen molar-refractivity contribution in [1.82, 2.24) is 4.90 Å². The molecule has 1 N–H and O–H groups in total. The van der Waals surface area contributed by atoms with Crippen molar-refractivity contribution in [2.45, 2.75) is 11.4 Å². The van der Waals surface area contributed by atoms with Crippen LogP contribution in [0.5, 0.6) is 0 Å². The van der Waals surface area contributed by atoms with Gasteiger partial charge in [-0.05, 0) is 24.3 Å². The van der Waals surface area contributed by atoms with E-state index in [9.17, 15) is 14.0 Å². The Labute approximate surface area is 183 Å². The van der Waals surface area contributed by atoms with Gasteiger partial charge in [0.05, 0.1) is 12.2 Å². The Hall–Kier alpha value is -3.32. The molecule has 2 aliphatic heterocycles. The molecule has 0 bridgehead atoms. The van der Waals surface area contributed by atoms with E-state index in [1.807, 2.05) is 54.6 Å². The number of amides is 3. The summed E-state index contributed by atoms with van der Waals surface area (Å²) in [7, 11) is 0. The molecule has 156 valence electrons. The maximum Gasteiger partial charge on any atom is 0.323 e. The number of hydrogen-bond donors (Lipinski definition) is 1. The molecule has 7 heteroatoms. The highest BCUT2D eigenvalue weighted by Crippen LogP contribution is 2.54. The van der Waals surface area contributed by atoms with Gasteiger partial charge >= 0.3 is 6.03 Å². The van der Waals surface area contributed by atoms with Gasteiger partial charge < -0.3 is 10.2 Å². The average Bonchev–Trinajstić information content (AvgIpc) is 3.33. The summed E-state index contributed by atoms with van der Waals surface area (Å²) < 4.78 is 14.3. The number of thioether (sulfide) groups is 1. The maximum atomic E-state index is 14.3. The fourth-order valence-electron chi connectivity index (χ4n) is 4.23. The van der Waals surface area contributed by atoms with Crippen LogP contribution >= 0.6 is 11.8 Å². The number of rotatable bonds is 3. The van der Waals surface area contributed by atoms with Crippen LogP contribution in [0.4, 0.5) is 20.6 Å². The molecule has 0 aliphatic carbocycles. The van der Waals surface area contributed by atoms with Crippen molar-refractivity contribution in [3.05, 3.63) is 95.8 Å². The molecular formula is C24H20FN3O2S. The number of nitrogens with zero attached hydrogens (tertiary/aromatic N) is 2. The van der Waals surface area contributed by atoms with Crippen LogP contribution in [0, 0.1) is 5.82 Å². The Balaban J connectivity index is 1.53. The van der Waals surface area contributed by atoms with E-state index in [1.54, 1.807) is 28.0 Å². The average molecular weight is 434 g/mol. The van der Waals surface area contributed by atoms with Crippen LogP contribution in [-0.4, -0.2) is 29.1 Å². The second-order valence-electron chi connectivity index (χ2n) is 7.44. The maximum absolute atomic E-state index is 14.3. The zero-order valence-corrected chi connectivity index (χ0v) is 17.4. The monoisotopic (exact) mass is 433 g/mol. The molecule has 1 atom stereocenters. The van der Waals surface area contributed by atoms with Crippen molar-refractivity contribution in [3.63, 3.8) is 0 Å². The molecule has 2 heterocycles. The number of nitrogens with one attached hydrogen (secondary N) is 1. The van der Waals surface area contributed by atoms with Gasteiger partial charge in [-0.2, -0.15) is 0 Å². The van der Waals surface area contributed by atoms with Crippen LogP contribution in [0.1, 0.15) is 11.1 Å². The van der Waals surface area contributed by atoms with Crippen molar-refractivity contribution in [2.24, 2.45) is 0 Å². The van der Waals surface area contributed by atoms with E-state index in [-0.39, 0.29) is 24.3 Å². The number of hydrogen-bond acceptors (Lipinski definition) is 3. The second-order valence-corrected chi connectivity index (χ2v) is 8.73.